The van der Waals surface area contributed by atoms with Crippen LogP contribution in [0.3, 0.4) is 0 Å². The van der Waals surface area contributed by atoms with Gasteiger partial charge in [0.2, 0.25) is 15.9 Å². The minimum absolute atomic E-state index is 0.289. The number of amides is 1. The quantitative estimate of drug-likeness (QED) is 0.820. The summed E-state index contributed by atoms with van der Waals surface area (Å²) in [5.41, 5.74) is 3.13. The predicted octanol–water partition coefficient (Wildman–Crippen LogP) is 3.47. The summed E-state index contributed by atoms with van der Waals surface area (Å²) in [6, 6.07) is 12.4. The lowest BCUT2D eigenvalue weighted by Crippen LogP contribution is -2.37. The van der Waals surface area contributed by atoms with Gasteiger partial charge in [-0.15, -0.1) is 0 Å². The Morgan fingerprint density at radius 2 is 1.83 bits per heavy atom. The highest BCUT2D eigenvalue weighted by Gasteiger charge is 2.21. The van der Waals surface area contributed by atoms with Crippen LogP contribution < -0.4 is 9.62 Å². The van der Waals surface area contributed by atoms with Crippen molar-refractivity contribution in [3.05, 3.63) is 58.1 Å². The van der Waals surface area contributed by atoms with Crippen molar-refractivity contribution in [2.24, 2.45) is 0 Å². The van der Waals surface area contributed by atoms with Gasteiger partial charge >= 0.3 is 0 Å². The number of halogens is 1. The van der Waals surface area contributed by atoms with E-state index in [0.717, 1.165) is 26.2 Å². The fraction of sp³-hybridized carbons (Fsp3) is 0.235. The molecule has 0 unspecified atom stereocenters. The summed E-state index contributed by atoms with van der Waals surface area (Å²) < 4.78 is 26.0. The van der Waals surface area contributed by atoms with Gasteiger partial charge in [0.15, 0.2) is 0 Å². The van der Waals surface area contributed by atoms with Crippen molar-refractivity contribution in [2.75, 3.05) is 22.4 Å². The Balaban J connectivity index is 2.24. The van der Waals surface area contributed by atoms with E-state index < -0.39 is 15.9 Å². The van der Waals surface area contributed by atoms with E-state index in [9.17, 15) is 13.2 Å². The molecule has 0 spiro atoms. The minimum atomic E-state index is -3.59. The highest BCUT2D eigenvalue weighted by Crippen LogP contribution is 2.23. The second-order valence-electron chi connectivity index (χ2n) is 5.55. The molecule has 2 aromatic rings. The number of nitrogens with one attached hydrogen (secondary N) is 1. The normalized spacial score (nSPS) is 11.2. The van der Waals surface area contributed by atoms with E-state index in [1.807, 2.05) is 26.0 Å². The van der Waals surface area contributed by atoms with E-state index >= 15 is 0 Å². The number of hydrogen-bond acceptors (Lipinski definition) is 3. The number of carbonyl (C=O) groups is 1. The van der Waals surface area contributed by atoms with Gasteiger partial charge in [0.25, 0.3) is 0 Å². The van der Waals surface area contributed by atoms with Crippen LogP contribution in [0.4, 0.5) is 11.4 Å². The fourth-order valence-electron chi connectivity index (χ4n) is 2.24. The summed E-state index contributed by atoms with van der Waals surface area (Å²) in [4.78, 5) is 12.4. The maximum Gasteiger partial charge on any atom is 0.245 e. The van der Waals surface area contributed by atoms with Gasteiger partial charge in [-0.1, -0.05) is 34.1 Å². The van der Waals surface area contributed by atoms with Crippen molar-refractivity contribution >= 4 is 43.2 Å². The van der Waals surface area contributed by atoms with Gasteiger partial charge in [0.05, 0.1) is 11.9 Å². The van der Waals surface area contributed by atoms with Crippen molar-refractivity contribution in [3.8, 4) is 0 Å². The average molecular weight is 411 g/mol. The lowest BCUT2D eigenvalue weighted by atomic mass is 10.1. The second-order valence-corrected chi connectivity index (χ2v) is 8.37. The van der Waals surface area contributed by atoms with Gasteiger partial charge in [0, 0.05) is 10.2 Å². The third kappa shape index (κ3) is 4.58. The third-order valence-corrected chi connectivity index (χ3v) is 5.30. The highest BCUT2D eigenvalue weighted by molar-refractivity contribution is 9.10. The standard InChI is InChI=1S/C17H19BrN2O3S/c1-12-6-4-9-16(13(12)2)19-17(21)11-20(24(3,22)23)15-8-5-7-14(18)10-15/h4-10H,11H2,1-3H3,(H,19,21). The van der Waals surface area contributed by atoms with Crippen LogP contribution in [0.5, 0.6) is 0 Å². The second kappa shape index (κ2) is 7.36. The maximum absolute atomic E-state index is 12.4. The molecule has 24 heavy (non-hydrogen) atoms. The molecule has 0 aliphatic heterocycles. The minimum Gasteiger partial charge on any atom is -0.324 e. The molecule has 0 fully saturated rings. The van der Waals surface area contributed by atoms with Crippen LogP contribution in [0.15, 0.2) is 46.9 Å². The molecule has 1 amide bonds. The predicted molar refractivity (Wildman–Crippen MR) is 101 cm³/mol. The Morgan fingerprint density at radius 3 is 2.46 bits per heavy atom. The first-order chi connectivity index (χ1) is 11.2. The molecule has 1 N–H and O–H groups in total. The smallest absolute Gasteiger partial charge is 0.245 e. The van der Waals surface area contributed by atoms with E-state index in [2.05, 4.69) is 21.2 Å². The molecule has 5 nitrogen and oxygen atoms in total. The summed E-state index contributed by atoms with van der Waals surface area (Å²) in [5, 5.41) is 2.78. The molecule has 7 heteroatoms. The van der Waals surface area contributed by atoms with Crippen LogP contribution in [0.25, 0.3) is 0 Å². The highest BCUT2D eigenvalue weighted by atomic mass is 79.9. The number of rotatable bonds is 5. The molecule has 2 aromatic carbocycles. The van der Waals surface area contributed by atoms with Gasteiger partial charge in [-0.25, -0.2) is 8.42 Å². The largest absolute Gasteiger partial charge is 0.324 e. The van der Waals surface area contributed by atoms with Crippen molar-refractivity contribution in [3.63, 3.8) is 0 Å². The number of anilines is 2. The van der Waals surface area contributed by atoms with Gasteiger partial charge in [-0.3, -0.25) is 9.10 Å². The Morgan fingerprint density at radius 1 is 1.17 bits per heavy atom. The fourth-order valence-corrected chi connectivity index (χ4v) is 3.47. The van der Waals surface area contributed by atoms with Gasteiger partial charge in [0.1, 0.15) is 6.54 Å². The van der Waals surface area contributed by atoms with Gasteiger partial charge in [-0.05, 0) is 49.2 Å². The summed E-state index contributed by atoms with van der Waals surface area (Å²) in [6.07, 6.45) is 1.08. The zero-order valence-electron chi connectivity index (χ0n) is 13.7. The first-order valence-corrected chi connectivity index (χ1v) is 9.92. The molecular formula is C17H19BrN2O3S. The average Bonchev–Trinajstić information content (AvgIpc) is 2.48. The Labute approximate surface area is 150 Å². The first-order valence-electron chi connectivity index (χ1n) is 7.28. The lowest BCUT2D eigenvalue weighted by molar-refractivity contribution is -0.114. The molecule has 0 saturated carbocycles. The zero-order valence-corrected chi connectivity index (χ0v) is 16.1. The van der Waals surface area contributed by atoms with E-state index in [1.54, 1.807) is 30.3 Å². The molecule has 0 aliphatic carbocycles. The number of benzene rings is 2. The first kappa shape index (κ1) is 18.5. The summed E-state index contributed by atoms with van der Waals surface area (Å²) in [5.74, 6) is -0.394. The molecule has 0 bridgehead atoms. The van der Waals surface area contributed by atoms with E-state index in [-0.39, 0.29) is 6.54 Å². The lowest BCUT2D eigenvalue weighted by Gasteiger charge is -2.22. The van der Waals surface area contributed by atoms with Crippen molar-refractivity contribution in [2.45, 2.75) is 13.8 Å². The van der Waals surface area contributed by atoms with Crippen molar-refractivity contribution in [1.82, 2.24) is 0 Å². The van der Waals surface area contributed by atoms with Crippen LogP contribution >= 0.6 is 15.9 Å². The molecule has 0 atom stereocenters. The molecule has 128 valence electrons. The Hall–Kier alpha value is -1.86. The number of aryl methyl sites for hydroxylation is 1. The molecule has 2 rings (SSSR count). The topological polar surface area (TPSA) is 66.5 Å². The molecule has 0 radical (unpaired) electrons. The zero-order chi connectivity index (χ0) is 17.9. The molecular weight excluding hydrogens is 392 g/mol. The monoisotopic (exact) mass is 410 g/mol. The van der Waals surface area contributed by atoms with Crippen LogP contribution in [0, 0.1) is 13.8 Å². The molecule has 0 aromatic heterocycles. The molecule has 0 saturated heterocycles. The molecule has 0 heterocycles. The van der Waals surface area contributed by atoms with E-state index in [0.29, 0.717) is 11.4 Å². The van der Waals surface area contributed by atoms with Gasteiger partial charge < -0.3 is 5.32 Å². The van der Waals surface area contributed by atoms with E-state index in [4.69, 9.17) is 0 Å². The number of nitrogens with zero attached hydrogens (tertiary/aromatic N) is 1. The molecule has 0 aliphatic rings. The van der Waals surface area contributed by atoms with Crippen LogP contribution in [0.2, 0.25) is 0 Å². The van der Waals surface area contributed by atoms with Crippen molar-refractivity contribution < 1.29 is 13.2 Å². The number of carbonyl (C=O) groups excluding carboxylic acids is 1. The van der Waals surface area contributed by atoms with E-state index in [1.165, 1.54) is 0 Å². The third-order valence-electron chi connectivity index (χ3n) is 3.66. The number of sulfonamides is 1. The summed E-state index contributed by atoms with van der Waals surface area (Å²) in [6.45, 7) is 3.57. The van der Waals surface area contributed by atoms with Crippen LogP contribution in [-0.4, -0.2) is 27.1 Å². The van der Waals surface area contributed by atoms with Gasteiger partial charge in [-0.2, -0.15) is 0 Å². The summed E-state index contributed by atoms with van der Waals surface area (Å²) in [7, 11) is -3.59. The number of hydrogen-bond donors (Lipinski definition) is 1. The van der Waals surface area contributed by atoms with Crippen molar-refractivity contribution in [1.29, 1.82) is 0 Å². The Kier molecular flexibility index (Phi) is 5.66. The Bertz CT molecular complexity index is 866. The maximum atomic E-state index is 12.4. The van der Waals surface area contributed by atoms with Crippen LogP contribution in [-0.2, 0) is 14.8 Å². The van der Waals surface area contributed by atoms with Crippen LogP contribution in [0.1, 0.15) is 11.1 Å². The SMILES string of the molecule is Cc1cccc(NC(=O)CN(c2cccc(Br)c2)S(C)(=O)=O)c1C. The summed E-state index contributed by atoms with van der Waals surface area (Å²) >= 11 is 3.31.